The highest BCUT2D eigenvalue weighted by atomic mass is 35.5. The first-order valence-electron chi connectivity index (χ1n) is 2.64. The lowest BCUT2D eigenvalue weighted by molar-refractivity contribution is 0.0688. The summed E-state index contributed by atoms with van der Waals surface area (Å²) in [6, 6.07) is 0. The molecule has 0 aliphatic heterocycles. The molecule has 4 nitrogen and oxygen atoms in total. The Bertz CT molecular complexity index is 344. The number of hydrogen-bond donors (Lipinski definition) is 1. The van der Waals surface area contributed by atoms with Crippen LogP contribution in [0.4, 0.5) is 4.39 Å². The summed E-state index contributed by atoms with van der Waals surface area (Å²) in [4.78, 5) is 16.5. The van der Waals surface area contributed by atoms with Crippen LogP contribution >= 0.6 is 23.2 Å². The van der Waals surface area contributed by atoms with Gasteiger partial charge in [-0.15, -0.1) is 0 Å². The van der Waals surface area contributed by atoms with Crippen LogP contribution in [0.3, 0.4) is 0 Å². The van der Waals surface area contributed by atoms with Gasteiger partial charge in [-0.1, -0.05) is 23.2 Å². The van der Waals surface area contributed by atoms with E-state index in [0.29, 0.717) is 0 Å². The van der Waals surface area contributed by atoms with Crippen molar-refractivity contribution in [1.29, 1.82) is 0 Å². The SMILES string of the molecule is O=C(O)c1nc(F)c(Cl)nc1Cl. The van der Waals surface area contributed by atoms with Crippen LogP contribution in [0.2, 0.25) is 10.3 Å². The van der Waals surface area contributed by atoms with Gasteiger partial charge < -0.3 is 5.11 Å². The summed E-state index contributed by atoms with van der Waals surface area (Å²) in [5, 5.41) is 7.40. The smallest absolute Gasteiger partial charge is 0.357 e. The Morgan fingerprint density at radius 3 is 2.42 bits per heavy atom. The number of carbonyl (C=O) groups is 1. The molecular weight excluding hydrogens is 210 g/mol. The predicted octanol–water partition coefficient (Wildman–Crippen LogP) is 1.62. The Labute approximate surface area is 76.0 Å². The number of nitrogens with zero attached hydrogens (tertiary/aromatic N) is 2. The lowest BCUT2D eigenvalue weighted by atomic mass is 10.5. The summed E-state index contributed by atoms with van der Waals surface area (Å²) in [6.45, 7) is 0. The second-order valence-corrected chi connectivity index (χ2v) is 2.47. The molecule has 0 radical (unpaired) electrons. The van der Waals surface area contributed by atoms with Gasteiger partial charge in [0.1, 0.15) is 0 Å². The first-order chi connectivity index (χ1) is 5.52. The highest BCUT2D eigenvalue weighted by molar-refractivity contribution is 6.34. The zero-order chi connectivity index (χ0) is 9.30. The van der Waals surface area contributed by atoms with Gasteiger partial charge >= 0.3 is 5.97 Å². The minimum atomic E-state index is -1.46. The quantitative estimate of drug-likeness (QED) is 0.766. The molecule has 0 unspecified atom stereocenters. The van der Waals surface area contributed by atoms with Crippen molar-refractivity contribution in [3.63, 3.8) is 0 Å². The average Bonchev–Trinajstić information content (AvgIpc) is 1.96. The van der Waals surface area contributed by atoms with Crippen molar-refractivity contribution >= 4 is 29.2 Å². The molecule has 1 heterocycles. The molecule has 0 aliphatic rings. The van der Waals surface area contributed by atoms with E-state index in [1.54, 1.807) is 0 Å². The molecule has 0 saturated heterocycles. The molecule has 0 aliphatic carbocycles. The third kappa shape index (κ3) is 1.62. The van der Waals surface area contributed by atoms with Crippen molar-refractivity contribution in [2.24, 2.45) is 0 Å². The molecule has 7 heteroatoms. The van der Waals surface area contributed by atoms with E-state index in [1.807, 2.05) is 0 Å². The molecule has 0 aromatic carbocycles. The van der Waals surface area contributed by atoms with Crippen LogP contribution in [0.15, 0.2) is 0 Å². The zero-order valence-corrected chi connectivity index (χ0v) is 6.90. The minimum absolute atomic E-state index is 0.436. The number of carboxylic acids is 1. The van der Waals surface area contributed by atoms with E-state index in [4.69, 9.17) is 28.3 Å². The molecule has 0 atom stereocenters. The Hall–Kier alpha value is -0.940. The Kier molecular flexibility index (Phi) is 2.44. The van der Waals surface area contributed by atoms with Gasteiger partial charge in [0.05, 0.1) is 0 Å². The fraction of sp³-hybridized carbons (Fsp3) is 0. The van der Waals surface area contributed by atoms with Crippen molar-refractivity contribution in [3.8, 4) is 0 Å². The van der Waals surface area contributed by atoms with Gasteiger partial charge in [0.25, 0.3) is 5.95 Å². The van der Waals surface area contributed by atoms with E-state index >= 15 is 0 Å². The molecule has 1 aromatic heterocycles. The van der Waals surface area contributed by atoms with Crippen molar-refractivity contribution in [2.75, 3.05) is 0 Å². The molecule has 0 amide bonds. The highest BCUT2D eigenvalue weighted by Crippen LogP contribution is 2.16. The number of hydrogen-bond acceptors (Lipinski definition) is 3. The monoisotopic (exact) mass is 210 g/mol. The second kappa shape index (κ2) is 3.20. The number of halogens is 3. The number of carboxylic acid groups (broad SMARTS) is 1. The van der Waals surface area contributed by atoms with Gasteiger partial charge in [-0.2, -0.15) is 4.39 Å². The van der Waals surface area contributed by atoms with Gasteiger partial charge in [0, 0.05) is 0 Å². The molecule has 1 aromatic rings. The molecule has 0 spiro atoms. The Morgan fingerprint density at radius 1 is 1.33 bits per heavy atom. The summed E-state index contributed by atoms with van der Waals surface area (Å²) >= 11 is 10.5. The standard InChI is InChI=1S/C5HCl2FN2O2/c6-2-1(5(11)12)9-4(8)3(7)10-2/h(H,11,12). The Morgan fingerprint density at radius 2 is 1.92 bits per heavy atom. The van der Waals surface area contributed by atoms with Crippen LogP contribution in [0.1, 0.15) is 10.5 Å². The summed E-state index contributed by atoms with van der Waals surface area (Å²) in [5.41, 5.74) is -0.654. The van der Waals surface area contributed by atoms with E-state index in [0.717, 1.165) is 0 Å². The van der Waals surface area contributed by atoms with Crippen LogP contribution in [0, 0.1) is 5.95 Å². The van der Waals surface area contributed by atoms with Crippen molar-refractivity contribution in [1.82, 2.24) is 9.97 Å². The summed E-state index contributed by atoms with van der Waals surface area (Å²) < 4.78 is 12.5. The molecule has 1 N–H and O–H groups in total. The first-order valence-corrected chi connectivity index (χ1v) is 3.40. The molecule has 0 saturated carbocycles. The third-order valence-electron chi connectivity index (χ3n) is 0.974. The van der Waals surface area contributed by atoms with Crippen LogP contribution < -0.4 is 0 Å². The number of aromatic nitrogens is 2. The lowest BCUT2D eigenvalue weighted by Crippen LogP contribution is -2.05. The molecular formula is C5HCl2FN2O2. The van der Waals surface area contributed by atoms with E-state index in [-0.39, 0.29) is 0 Å². The molecule has 12 heavy (non-hydrogen) atoms. The van der Waals surface area contributed by atoms with Crippen LogP contribution in [0.25, 0.3) is 0 Å². The van der Waals surface area contributed by atoms with Crippen LogP contribution in [0.5, 0.6) is 0 Å². The predicted molar refractivity (Wildman–Crippen MR) is 39.0 cm³/mol. The molecule has 64 valence electrons. The minimum Gasteiger partial charge on any atom is -0.476 e. The highest BCUT2D eigenvalue weighted by Gasteiger charge is 2.15. The maximum absolute atomic E-state index is 12.5. The van der Waals surface area contributed by atoms with Gasteiger partial charge in [0.2, 0.25) is 0 Å². The normalized spacial score (nSPS) is 9.92. The van der Waals surface area contributed by atoms with E-state index in [1.165, 1.54) is 0 Å². The fourth-order valence-corrected chi connectivity index (χ4v) is 0.889. The van der Waals surface area contributed by atoms with Gasteiger partial charge in [-0.3, -0.25) is 0 Å². The van der Waals surface area contributed by atoms with Gasteiger partial charge in [0.15, 0.2) is 16.0 Å². The van der Waals surface area contributed by atoms with E-state index < -0.39 is 27.9 Å². The summed E-state index contributed by atoms with van der Waals surface area (Å²) in [5.74, 6) is -2.61. The maximum atomic E-state index is 12.5. The van der Waals surface area contributed by atoms with Crippen molar-refractivity contribution < 1.29 is 14.3 Å². The van der Waals surface area contributed by atoms with E-state index in [9.17, 15) is 9.18 Å². The van der Waals surface area contributed by atoms with Crippen molar-refractivity contribution in [2.45, 2.75) is 0 Å². The first kappa shape index (κ1) is 9.15. The van der Waals surface area contributed by atoms with Crippen LogP contribution in [-0.2, 0) is 0 Å². The average molecular weight is 211 g/mol. The summed E-state index contributed by atoms with van der Waals surface area (Å²) in [7, 11) is 0. The number of aromatic carboxylic acids is 1. The van der Waals surface area contributed by atoms with E-state index in [2.05, 4.69) is 9.97 Å². The topological polar surface area (TPSA) is 63.1 Å². The van der Waals surface area contributed by atoms with Gasteiger partial charge in [-0.05, 0) is 0 Å². The maximum Gasteiger partial charge on any atom is 0.357 e. The largest absolute Gasteiger partial charge is 0.476 e. The summed E-state index contributed by atoms with van der Waals surface area (Å²) in [6.07, 6.45) is 0. The molecule has 1 rings (SSSR count). The van der Waals surface area contributed by atoms with Crippen LogP contribution in [-0.4, -0.2) is 21.0 Å². The molecule has 0 fully saturated rings. The fourth-order valence-electron chi connectivity index (χ4n) is 0.512. The van der Waals surface area contributed by atoms with Gasteiger partial charge in [-0.25, -0.2) is 14.8 Å². The zero-order valence-electron chi connectivity index (χ0n) is 5.38. The number of rotatable bonds is 1. The molecule has 0 bridgehead atoms. The Balaban J connectivity index is 3.33. The lowest BCUT2D eigenvalue weighted by Gasteiger charge is -1.97. The third-order valence-corrected chi connectivity index (χ3v) is 1.48. The van der Waals surface area contributed by atoms with Crippen molar-refractivity contribution in [3.05, 3.63) is 21.9 Å². The second-order valence-electron chi connectivity index (χ2n) is 1.75.